The zero-order valence-electron chi connectivity index (χ0n) is 21.3. The van der Waals surface area contributed by atoms with Crippen molar-refractivity contribution in [2.75, 3.05) is 18.6 Å². The maximum absolute atomic E-state index is 13.5. The summed E-state index contributed by atoms with van der Waals surface area (Å²) in [5.74, 6) is -1.23. The smallest absolute Gasteiger partial charge is 0.338 e. The van der Waals surface area contributed by atoms with Crippen molar-refractivity contribution in [1.82, 2.24) is 0 Å². The number of ketones is 1. The van der Waals surface area contributed by atoms with Crippen molar-refractivity contribution in [2.24, 2.45) is 0 Å². The minimum Gasteiger partial charge on any atom is -0.507 e. The lowest BCUT2D eigenvalue weighted by molar-refractivity contribution is -0.132. The molecule has 0 radical (unpaired) electrons. The van der Waals surface area contributed by atoms with Gasteiger partial charge in [0, 0.05) is 17.7 Å². The van der Waals surface area contributed by atoms with Gasteiger partial charge in [0.2, 0.25) is 0 Å². The number of ether oxygens (including phenoxy) is 3. The van der Waals surface area contributed by atoms with E-state index in [0.29, 0.717) is 29.0 Å². The number of fused-ring (bicyclic) bond motifs is 1. The molecule has 194 valence electrons. The molecule has 2 unspecified atom stereocenters. The van der Waals surface area contributed by atoms with Crippen LogP contribution in [-0.2, 0) is 20.7 Å². The van der Waals surface area contributed by atoms with Crippen LogP contribution in [0.5, 0.6) is 11.5 Å². The summed E-state index contributed by atoms with van der Waals surface area (Å²) in [4.78, 5) is 40.7. The summed E-state index contributed by atoms with van der Waals surface area (Å²) in [7, 11) is 1.52. The molecule has 8 nitrogen and oxygen atoms in total. The first kappa shape index (κ1) is 25.1. The van der Waals surface area contributed by atoms with Crippen LogP contribution in [0.25, 0.3) is 5.76 Å². The molecule has 0 aromatic heterocycles. The number of rotatable bonds is 6. The molecular weight excluding hydrogens is 486 g/mol. The first-order valence-electron chi connectivity index (χ1n) is 12.3. The van der Waals surface area contributed by atoms with Crippen molar-refractivity contribution in [3.8, 4) is 11.5 Å². The number of hydrogen-bond donors (Lipinski definition) is 1. The number of anilines is 1. The van der Waals surface area contributed by atoms with Gasteiger partial charge in [0.1, 0.15) is 23.4 Å². The van der Waals surface area contributed by atoms with Gasteiger partial charge in [0.05, 0.1) is 30.9 Å². The van der Waals surface area contributed by atoms with Crippen LogP contribution in [0.15, 0.2) is 72.3 Å². The van der Waals surface area contributed by atoms with Crippen LogP contribution in [0.1, 0.15) is 46.9 Å². The predicted molar refractivity (Wildman–Crippen MR) is 140 cm³/mol. The third-order valence-electron chi connectivity index (χ3n) is 6.66. The van der Waals surface area contributed by atoms with E-state index < -0.39 is 23.7 Å². The molecule has 0 bridgehead atoms. The lowest BCUT2D eigenvalue weighted by Crippen LogP contribution is -2.29. The van der Waals surface area contributed by atoms with Gasteiger partial charge in [0.15, 0.2) is 0 Å². The van der Waals surface area contributed by atoms with Gasteiger partial charge in [-0.05, 0) is 73.5 Å². The predicted octanol–water partition coefficient (Wildman–Crippen LogP) is 4.82. The molecule has 3 aromatic rings. The molecule has 38 heavy (non-hydrogen) atoms. The summed E-state index contributed by atoms with van der Waals surface area (Å²) >= 11 is 0. The molecule has 2 aliphatic heterocycles. The molecule has 2 aliphatic rings. The highest BCUT2D eigenvalue weighted by Crippen LogP contribution is 2.43. The Morgan fingerprint density at radius 1 is 1.05 bits per heavy atom. The Labute approximate surface area is 220 Å². The van der Waals surface area contributed by atoms with E-state index in [1.165, 1.54) is 18.1 Å². The topological polar surface area (TPSA) is 102 Å². The van der Waals surface area contributed by atoms with E-state index >= 15 is 0 Å². The van der Waals surface area contributed by atoms with E-state index in [2.05, 4.69) is 0 Å². The standard InChI is InChI=1S/C30H27NO7/c1-4-37-30(35)20-8-5-9-22(15-20)31-26(18-7-6-10-23(16-18)36-3)25(28(33)29(31)34)27(32)19-11-12-24-21(14-19)13-17(2)38-24/h5-12,14-17,26,32H,4,13H2,1-3H3/b27-25-. The molecule has 1 saturated heterocycles. The van der Waals surface area contributed by atoms with Crippen molar-refractivity contribution in [3.63, 3.8) is 0 Å². The van der Waals surface area contributed by atoms with Gasteiger partial charge in [0.25, 0.3) is 11.7 Å². The Bertz CT molecular complexity index is 1470. The average molecular weight is 514 g/mol. The van der Waals surface area contributed by atoms with Crippen LogP contribution in [-0.4, -0.2) is 42.6 Å². The van der Waals surface area contributed by atoms with Gasteiger partial charge in [-0.15, -0.1) is 0 Å². The zero-order chi connectivity index (χ0) is 27.0. The molecular formula is C30H27NO7. The highest BCUT2D eigenvalue weighted by atomic mass is 16.5. The SMILES string of the molecule is CCOC(=O)c1cccc(N2C(=O)C(=O)/C(=C(\O)c3ccc4c(c3)CC(C)O4)C2c2cccc(OC)c2)c1. The van der Waals surface area contributed by atoms with Crippen molar-refractivity contribution in [2.45, 2.75) is 32.4 Å². The summed E-state index contributed by atoms with van der Waals surface area (Å²) in [5.41, 5.74) is 2.38. The molecule has 0 saturated carbocycles. The lowest BCUT2D eigenvalue weighted by Gasteiger charge is -2.26. The molecule has 1 fully saturated rings. The molecule has 1 N–H and O–H groups in total. The minimum absolute atomic E-state index is 0.0106. The van der Waals surface area contributed by atoms with Gasteiger partial charge < -0.3 is 19.3 Å². The van der Waals surface area contributed by atoms with Crippen LogP contribution in [0.4, 0.5) is 5.69 Å². The van der Waals surface area contributed by atoms with Gasteiger partial charge >= 0.3 is 5.97 Å². The molecule has 2 atom stereocenters. The largest absolute Gasteiger partial charge is 0.507 e. The van der Waals surface area contributed by atoms with Crippen LogP contribution in [0, 0.1) is 0 Å². The number of hydrogen-bond acceptors (Lipinski definition) is 7. The van der Waals surface area contributed by atoms with E-state index in [9.17, 15) is 19.5 Å². The number of aliphatic hydroxyl groups is 1. The molecule has 0 aliphatic carbocycles. The number of nitrogens with zero attached hydrogens (tertiary/aromatic N) is 1. The van der Waals surface area contributed by atoms with Crippen molar-refractivity contribution >= 4 is 29.1 Å². The Hall–Kier alpha value is -4.59. The zero-order valence-corrected chi connectivity index (χ0v) is 21.3. The Kier molecular flexibility index (Phi) is 6.63. The van der Waals surface area contributed by atoms with Crippen LogP contribution < -0.4 is 14.4 Å². The summed E-state index contributed by atoms with van der Waals surface area (Å²) in [6.07, 6.45) is 0.682. The third kappa shape index (κ3) is 4.38. The quantitative estimate of drug-likeness (QED) is 0.218. The number of carbonyl (C=O) groups is 3. The summed E-state index contributed by atoms with van der Waals surface area (Å²) in [6.45, 7) is 3.86. The fourth-order valence-corrected chi connectivity index (χ4v) is 4.95. The maximum atomic E-state index is 13.5. The number of carbonyl (C=O) groups excluding carboxylic acids is 3. The van der Waals surface area contributed by atoms with E-state index in [0.717, 1.165) is 11.3 Å². The molecule has 2 heterocycles. The number of benzene rings is 3. The van der Waals surface area contributed by atoms with Gasteiger partial charge in [-0.1, -0.05) is 18.2 Å². The highest BCUT2D eigenvalue weighted by Gasteiger charge is 2.47. The molecule has 5 rings (SSSR count). The van der Waals surface area contributed by atoms with Gasteiger partial charge in [-0.25, -0.2) is 4.79 Å². The van der Waals surface area contributed by atoms with Crippen LogP contribution in [0.3, 0.4) is 0 Å². The monoisotopic (exact) mass is 513 g/mol. The number of esters is 1. The van der Waals surface area contributed by atoms with Crippen molar-refractivity contribution in [3.05, 3.63) is 94.6 Å². The van der Waals surface area contributed by atoms with Crippen molar-refractivity contribution in [1.29, 1.82) is 0 Å². The first-order valence-corrected chi connectivity index (χ1v) is 12.3. The summed E-state index contributed by atoms with van der Waals surface area (Å²) in [6, 6.07) is 17.5. The molecule has 3 aromatic carbocycles. The van der Waals surface area contributed by atoms with Crippen molar-refractivity contribution < 1.29 is 33.7 Å². The van der Waals surface area contributed by atoms with E-state index in [-0.39, 0.29) is 29.6 Å². The van der Waals surface area contributed by atoms with E-state index in [4.69, 9.17) is 14.2 Å². The fraction of sp³-hybridized carbons (Fsp3) is 0.233. The maximum Gasteiger partial charge on any atom is 0.338 e. The number of aliphatic hydroxyl groups excluding tert-OH is 1. The van der Waals surface area contributed by atoms with E-state index in [1.807, 2.05) is 6.92 Å². The Morgan fingerprint density at radius 3 is 2.61 bits per heavy atom. The van der Waals surface area contributed by atoms with E-state index in [1.54, 1.807) is 67.6 Å². The second kappa shape index (κ2) is 10.0. The number of amides is 1. The Morgan fingerprint density at radius 2 is 1.84 bits per heavy atom. The molecule has 0 spiro atoms. The van der Waals surface area contributed by atoms with Crippen LogP contribution in [0.2, 0.25) is 0 Å². The second-order valence-corrected chi connectivity index (χ2v) is 9.17. The highest BCUT2D eigenvalue weighted by molar-refractivity contribution is 6.51. The normalized spacial score (nSPS) is 19.7. The number of Topliss-reactive ketones (excluding diaryl/α,β-unsaturated/α-hetero) is 1. The summed E-state index contributed by atoms with van der Waals surface area (Å²) in [5, 5.41) is 11.5. The molecule has 1 amide bonds. The first-order chi connectivity index (χ1) is 18.3. The third-order valence-corrected chi connectivity index (χ3v) is 6.66. The van der Waals surface area contributed by atoms with Gasteiger partial charge in [-0.3, -0.25) is 14.5 Å². The fourth-order valence-electron chi connectivity index (χ4n) is 4.95. The summed E-state index contributed by atoms with van der Waals surface area (Å²) < 4.78 is 16.3. The van der Waals surface area contributed by atoms with Crippen LogP contribution >= 0.6 is 0 Å². The average Bonchev–Trinajstić information content (AvgIpc) is 3.43. The Balaban J connectivity index is 1.68. The minimum atomic E-state index is -0.967. The molecule has 8 heteroatoms. The number of methoxy groups -OCH3 is 1. The second-order valence-electron chi connectivity index (χ2n) is 9.17. The lowest BCUT2D eigenvalue weighted by atomic mass is 9.94. The van der Waals surface area contributed by atoms with Gasteiger partial charge in [-0.2, -0.15) is 0 Å².